The van der Waals surface area contributed by atoms with E-state index in [0.29, 0.717) is 55.5 Å². The summed E-state index contributed by atoms with van der Waals surface area (Å²) < 4.78 is 25.0. The molecule has 2 aliphatic rings. The molecule has 0 bridgehead atoms. The Morgan fingerprint density at radius 1 is 1.06 bits per heavy atom. The molecule has 0 radical (unpaired) electrons. The largest absolute Gasteiger partial charge is 0.454 e. The molecule has 0 aliphatic carbocycles. The van der Waals surface area contributed by atoms with Crippen molar-refractivity contribution in [1.82, 2.24) is 4.90 Å². The monoisotopic (exact) mass is 419 g/mol. The van der Waals surface area contributed by atoms with Crippen LogP contribution in [0.5, 0.6) is 11.5 Å². The van der Waals surface area contributed by atoms with E-state index in [1.807, 2.05) is 18.2 Å². The van der Waals surface area contributed by atoms with Crippen molar-refractivity contribution in [3.63, 3.8) is 0 Å². The van der Waals surface area contributed by atoms with E-state index in [0.717, 1.165) is 10.9 Å². The number of fused-ring (bicyclic) bond motifs is 2. The summed E-state index contributed by atoms with van der Waals surface area (Å²) in [5.74, 6) is 1.21. The molecule has 3 aromatic rings. The third-order valence-electron chi connectivity index (χ3n) is 5.68. The van der Waals surface area contributed by atoms with Crippen molar-refractivity contribution in [2.24, 2.45) is 0 Å². The van der Waals surface area contributed by atoms with Gasteiger partial charge in [0.05, 0.1) is 18.7 Å². The van der Waals surface area contributed by atoms with Crippen LogP contribution in [-0.4, -0.2) is 43.8 Å². The Labute approximate surface area is 178 Å². The maximum atomic E-state index is 14.1. The molecule has 0 spiro atoms. The molecule has 7 nitrogen and oxygen atoms in total. The van der Waals surface area contributed by atoms with Crippen molar-refractivity contribution in [3.8, 4) is 17.6 Å². The number of halogens is 1. The molecule has 2 aliphatic heterocycles. The first kappa shape index (κ1) is 19.1. The number of aromatic amines is 1. The molecule has 1 saturated heterocycles. The van der Waals surface area contributed by atoms with Crippen LogP contribution in [0.25, 0.3) is 10.9 Å². The number of carbonyl (C=O) groups is 1. The van der Waals surface area contributed by atoms with Gasteiger partial charge in [-0.05, 0) is 24.3 Å². The quantitative estimate of drug-likeness (QED) is 0.638. The molecule has 1 aromatic heterocycles. The Hall–Kier alpha value is -3.86. The lowest BCUT2D eigenvalue weighted by Gasteiger charge is -2.20. The number of nitriles is 1. The third-order valence-corrected chi connectivity index (χ3v) is 5.68. The highest BCUT2D eigenvalue weighted by atomic mass is 19.1. The van der Waals surface area contributed by atoms with Gasteiger partial charge in [0.1, 0.15) is 29.5 Å². The Kier molecular flexibility index (Phi) is 4.79. The van der Waals surface area contributed by atoms with E-state index < -0.39 is 5.82 Å². The Bertz CT molecular complexity index is 1220. The molecular formula is C23H20FN4O3+. The Morgan fingerprint density at radius 2 is 1.87 bits per heavy atom. The molecule has 1 fully saturated rings. The van der Waals surface area contributed by atoms with Crippen molar-refractivity contribution >= 4 is 22.6 Å². The van der Waals surface area contributed by atoms with E-state index >= 15 is 0 Å². The highest BCUT2D eigenvalue weighted by Gasteiger charge is 2.28. The van der Waals surface area contributed by atoms with Crippen LogP contribution in [0.2, 0.25) is 0 Å². The van der Waals surface area contributed by atoms with Gasteiger partial charge in [0.15, 0.2) is 11.5 Å². The van der Waals surface area contributed by atoms with Crippen molar-refractivity contribution in [2.75, 3.05) is 37.9 Å². The summed E-state index contributed by atoms with van der Waals surface area (Å²) in [5, 5.41) is 10.6. The number of aromatic nitrogens is 1. The van der Waals surface area contributed by atoms with Gasteiger partial charge < -0.3 is 14.4 Å². The fourth-order valence-electron chi connectivity index (χ4n) is 4.09. The van der Waals surface area contributed by atoms with Crippen molar-refractivity contribution < 1.29 is 23.6 Å². The number of carbonyl (C=O) groups excluding carboxylic acids is 1. The van der Waals surface area contributed by atoms with Gasteiger partial charge in [-0.25, -0.2) is 9.37 Å². The first-order chi connectivity index (χ1) is 15.1. The molecule has 156 valence electrons. The van der Waals surface area contributed by atoms with Crippen molar-refractivity contribution in [1.29, 1.82) is 5.26 Å². The number of pyridine rings is 1. The zero-order valence-electron chi connectivity index (χ0n) is 16.7. The number of ether oxygens (including phenoxy) is 2. The minimum Gasteiger partial charge on any atom is -0.454 e. The minimum absolute atomic E-state index is 0.0852. The molecule has 8 heteroatoms. The van der Waals surface area contributed by atoms with Gasteiger partial charge in [0.25, 0.3) is 11.7 Å². The van der Waals surface area contributed by atoms with Crippen LogP contribution in [-0.2, 0) is 0 Å². The molecule has 1 amide bonds. The number of anilines is 1. The van der Waals surface area contributed by atoms with Crippen LogP contribution in [0, 0.1) is 17.1 Å². The molecule has 3 heterocycles. The lowest BCUT2D eigenvalue weighted by atomic mass is 10.1. The SMILES string of the molecule is N#Cc1cc2cc3c(cc2[nH+]c1N1CCCN(C(=O)c2ccccc2F)CC1)OCO3. The van der Waals surface area contributed by atoms with Crippen LogP contribution in [0.15, 0.2) is 42.5 Å². The second-order valence-electron chi connectivity index (χ2n) is 7.55. The summed E-state index contributed by atoms with van der Waals surface area (Å²) in [6.07, 6.45) is 0.706. The third kappa shape index (κ3) is 3.48. The number of rotatable bonds is 2. The van der Waals surface area contributed by atoms with Crippen molar-refractivity contribution in [2.45, 2.75) is 6.42 Å². The molecule has 2 aromatic carbocycles. The second-order valence-corrected chi connectivity index (χ2v) is 7.55. The second kappa shape index (κ2) is 7.76. The van der Waals surface area contributed by atoms with E-state index in [9.17, 15) is 14.4 Å². The van der Waals surface area contributed by atoms with E-state index in [4.69, 9.17) is 9.47 Å². The maximum Gasteiger partial charge on any atom is 0.293 e. The van der Waals surface area contributed by atoms with Gasteiger partial charge in [-0.2, -0.15) is 5.26 Å². The van der Waals surface area contributed by atoms with Gasteiger partial charge in [0, 0.05) is 24.4 Å². The number of benzene rings is 2. The zero-order valence-corrected chi connectivity index (χ0v) is 16.7. The number of nitrogens with one attached hydrogen (secondary N) is 1. The predicted octanol–water partition coefficient (Wildman–Crippen LogP) is 2.75. The highest BCUT2D eigenvalue weighted by molar-refractivity contribution is 5.94. The summed E-state index contributed by atoms with van der Waals surface area (Å²) in [6.45, 7) is 2.34. The topological polar surface area (TPSA) is 79.9 Å². The van der Waals surface area contributed by atoms with Crippen LogP contribution in [0.1, 0.15) is 22.3 Å². The van der Waals surface area contributed by atoms with Gasteiger partial charge in [-0.1, -0.05) is 12.1 Å². The number of hydrogen-bond donors (Lipinski definition) is 0. The van der Waals surface area contributed by atoms with Crippen LogP contribution in [0.4, 0.5) is 10.2 Å². The summed E-state index contributed by atoms with van der Waals surface area (Å²) in [7, 11) is 0. The molecule has 0 saturated carbocycles. The number of amides is 1. The fraction of sp³-hybridized carbons (Fsp3) is 0.261. The van der Waals surface area contributed by atoms with Gasteiger partial charge >= 0.3 is 0 Å². The molecule has 0 atom stereocenters. The fourth-order valence-corrected chi connectivity index (χ4v) is 4.09. The standard InChI is InChI=1S/C23H19FN4O3/c24-18-5-2-1-4-17(18)23(29)28-7-3-6-27(8-9-28)22-16(13-25)10-15-11-20-21(31-14-30-20)12-19(15)26-22/h1-2,4-5,10-12H,3,6-9,14H2/p+1. The molecule has 1 N–H and O–H groups in total. The summed E-state index contributed by atoms with van der Waals surface area (Å²) in [6, 6.07) is 13.9. The Balaban J connectivity index is 1.42. The average molecular weight is 419 g/mol. The van der Waals surface area contributed by atoms with E-state index in [1.165, 1.54) is 12.1 Å². The molecule has 5 rings (SSSR count). The molecule has 31 heavy (non-hydrogen) atoms. The number of H-pyrrole nitrogens is 1. The van der Waals surface area contributed by atoms with Crippen LogP contribution >= 0.6 is 0 Å². The first-order valence-electron chi connectivity index (χ1n) is 10.1. The first-order valence-corrected chi connectivity index (χ1v) is 10.1. The zero-order chi connectivity index (χ0) is 21.4. The van der Waals surface area contributed by atoms with Crippen LogP contribution in [0.3, 0.4) is 0 Å². The summed E-state index contributed by atoms with van der Waals surface area (Å²) in [5.41, 5.74) is 1.43. The highest BCUT2D eigenvalue weighted by Crippen LogP contribution is 2.35. The Morgan fingerprint density at radius 3 is 2.68 bits per heavy atom. The summed E-state index contributed by atoms with van der Waals surface area (Å²) in [4.78, 5) is 19.9. The van der Waals surface area contributed by atoms with Gasteiger partial charge in [-0.15, -0.1) is 0 Å². The lowest BCUT2D eigenvalue weighted by Crippen LogP contribution is -2.37. The minimum atomic E-state index is -0.512. The smallest absolute Gasteiger partial charge is 0.293 e. The lowest BCUT2D eigenvalue weighted by molar-refractivity contribution is -0.330. The number of nitrogens with zero attached hydrogens (tertiary/aromatic N) is 3. The van der Waals surface area contributed by atoms with E-state index in [-0.39, 0.29) is 18.3 Å². The van der Waals surface area contributed by atoms with Crippen LogP contribution < -0.4 is 19.4 Å². The van der Waals surface area contributed by atoms with E-state index in [1.54, 1.807) is 17.0 Å². The maximum absolute atomic E-state index is 14.1. The van der Waals surface area contributed by atoms with Gasteiger partial charge in [0.2, 0.25) is 6.79 Å². The molecular weight excluding hydrogens is 399 g/mol. The molecule has 0 unspecified atom stereocenters. The average Bonchev–Trinajstić information content (AvgIpc) is 3.09. The summed E-state index contributed by atoms with van der Waals surface area (Å²) >= 11 is 0. The van der Waals surface area contributed by atoms with Gasteiger partial charge in [-0.3, -0.25) is 9.69 Å². The number of hydrogen-bond acceptors (Lipinski definition) is 5. The van der Waals surface area contributed by atoms with Crippen molar-refractivity contribution in [3.05, 3.63) is 59.4 Å². The van der Waals surface area contributed by atoms with E-state index in [2.05, 4.69) is 16.0 Å². The predicted molar refractivity (Wildman–Crippen MR) is 110 cm³/mol. The normalized spacial score (nSPS) is 15.6.